The minimum atomic E-state index is -1.31. The molecule has 0 bridgehead atoms. The van der Waals surface area contributed by atoms with Crippen molar-refractivity contribution in [2.24, 2.45) is 5.90 Å². The smallest absolute Gasteiger partial charge is 0.229 e. The van der Waals surface area contributed by atoms with Gasteiger partial charge in [-0.1, -0.05) is 11.8 Å². The summed E-state index contributed by atoms with van der Waals surface area (Å²) < 4.78 is 34.4. The summed E-state index contributed by atoms with van der Waals surface area (Å²) in [6.07, 6.45) is -7.23. The first-order valence-electron chi connectivity index (χ1n) is 11.6. The Morgan fingerprint density at radius 3 is 2.22 bits per heavy atom. The fourth-order valence-electron chi connectivity index (χ4n) is 4.45. The maximum absolute atomic E-state index is 13.5. The Kier molecular flexibility index (Phi) is 10.7. The van der Waals surface area contributed by atoms with E-state index < -0.39 is 54.5 Å². The van der Waals surface area contributed by atoms with Gasteiger partial charge >= 0.3 is 0 Å². The molecule has 0 saturated carbocycles. The molecule has 2 heterocycles. The quantitative estimate of drug-likeness (QED) is 0.232. The van der Waals surface area contributed by atoms with Gasteiger partial charge in [0.05, 0.1) is 46.9 Å². The van der Waals surface area contributed by atoms with Crippen LogP contribution in [-0.4, -0.2) is 96.2 Å². The second-order valence-corrected chi connectivity index (χ2v) is 11.0. The van der Waals surface area contributed by atoms with Crippen LogP contribution in [0.4, 0.5) is 0 Å². The summed E-state index contributed by atoms with van der Waals surface area (Å²) in [4.78, 5) is 18.2. The highest BCUT2D eigenvalue weighted by Crippen LogP contribution is 2.48. The fourth-order valence-corrected chi connectivity index (χ4v) is 6.22. The van der Waals surface area contributed by atoms with E-state index in [1.807, 2.05) is 22.6 Å². The van der Waals surface area contributed by atoms with Crippen molar-refractivity contribution in [1.29, 1.82) is 0 Å². The number of carbonyl (C=O) groups excluding carboxylic acids is 1. The van der Waals surface area contributed by atoms with Gasteiger partial charge in [-0.05, 0) is 48.9 Å². The van der Waals surface area contributed by atoms with Crippen LogP contribution in [0.25, 0.3) is 0 Å². The Bertz CT molecular complexity index is 957. The van der Waals surface area contributed by atoms with Crippen molar-refractivity contribution >= 4 is 39.5 Å². The molecule has 210 valence electrons. The van der Waals surface area contributed by atoms with Crippen molar-refractivity contribution in [2.75, 3.05) is 21.3 Å². The molecule has 2 saturated heterocycles. The summed E-state index contributed by atoms with van der Waals surface area (Å²) in [5.41, 5.74) is 0.774. The molecule has 2 aliphatic rings. The van der Waals surface area contributed by atoms with Gasteiger partial charge in [0.1, 0.15) is 18.3 Å². The second kappa shape index (κ2) is 12.9. The second-order valence-electron chi connectivity index (χ2n) is 8.80. The number of carbonyl (C=O) groups is 1. The lowest BCUT2D eigenvalue weighted by Crippen LogP contribution is -2.59. The van der Waals surface area contributed by atoms with Gasteiger partial charge < -0.3 is 43.7 Å². The Labute approximate surface area is 233 Å². The maximum Gasteiger partial charge on any atom is 0.229 e. The third-order valence-corrected chi connectivity index (χ3v) is 9.17. The van der Waals surface area contributed by atoms with E-state index >= 15 is 0 Å². The number of rotatable bonds is 8. The van der Waals surface area contributed by atoms with E-state index in [0.717, 1.165) is 11.8 Å². The van der Waals surface area contributed by atoms with Gasteiger partial charge in [0.2, 0.25) is 17.2 Å². The van der Waals surface area contributed by atoms with Crippen LogP contribution in [0.15, 0.2) is 0 Å². The zero-order valence-corrected chi connectivity index (χ0v) is 24.3. The lowest BCUT2D eigenvalue weighted by molar-refractivity contribution is -0.273. The standard InChI is InChI=1S/C23H34INO11S/c1-8-13(22(29)37-21-10(3)33-12(36-25)7-11(21)26)17(30-4)20(32-6)18(14(8)24)35-23-16(28)19(31-5)15(27)9(2)34-23/h9-12,15-16,19,21,23,26-28H,7,25H2,1-6H3/t9-,10+,11-,12-,15?,16+,19+,21+,23?/m0/s1. The van der Waals surface area contributed by atoms with E-state index in [9.17, 15) is 20.1 Å². The minimum Gasteiger partial charge on any atom is -0.492 e. The normalized spacial score (nSPS) is 34.2. The number of aliphatic hydroxyl groups is 3. The monoisotopic (exact) mass is 659 g/mol. The first-order chi connectivity index (χ1) is 17.5. The number of hydrogen-bond acceptors (Lipinski definition) is 13. The van der Waals surface area contributed by atoms with Crippen LogP contribution in [0.1, 0.15) is 36.2 Å². The highest BCUT2D eigenvalue weighted by atomic mass is 127. The van der Waals surface area contributed by atoms with E-state index in [4.69, 9.17) is 39.2 Å². The number of nitrogens with two attached hydrogens (primary N) is 1. The summed E-state index contributed by atoms with van der Waals surface area (Å²) in [6, 6.07) is 0. The summed E-state index contributed by atoms with van der Waals surface area (Å²) in [7, 11) is 4.17. The van der Waals surface area contributed by atoms with Gasteiger partial charge in [-0.25, -0.2) is 5.90 Å². The molecule has 12 nitrogen and oxygen atoms in total. The molecule has 37 heavy (non-hydrogen) atoms. The van der Waals surface area contributed by atoms with E-state index in [0.29, 0.717) is 9.13 Å². The Balaban J connectivity index is 1.95. The molecule has 2 aliphatic heterocycles. The first kappa shape index (κ1) is 30.6. The number of ether oxygens (including phenoxy) is 6. The van der Waals surface area contributed by atoms with E-state index in [2.05, 4.69) is 0 Å². The van der Waals surface area contributed by atoms with Crippen molar-refractivity contribution in [3.05, 3.63) is 14.7 Å². The van der Waals surface area contributed by atoms with Crippen LogP contribution >= 0.6 is 34.4 Å². The van der Waals surface area contributed by atoms with Gasteiger partial charge in [-0.15, -0.1) is 0 Å². The summed E-state index contributed by atoms with van der Waals surface area (Å²) in [6.45, 7) is 5.09. The molecule has 9 atom stereocenters. The number of benzene rings is 1. The van der Waals surface area contributed by atoms with Crippen molar-refractivity contribution in [3.63, 3.8) is 0 Å². The number of halogens is 1. The summed E-state index contributed by atoms with van der Waals surface area (Å²) in [5, 5.41) is 30.6. The maximum atomic E-state index is 13.5. The van der Waals surface area contributed by atoms with Crippen molar-refractivity contribution < 1.29 is 53.4 Å². The molecule has 3 rings (SSSR count). The third-order valence-electron chi connectivity index (χ3n) is 6.48. The minimum absolute atomic E-state index is 0.120. The lowest BCUT2D eigenvalue weighted by atomic mass is 9.99. The van der Waals surface area contributed by atoms with E-state index in [1.165, 1.54) is 21.3 Å². The molecule has 1 aromatic rings. The highest BCUT2D eigenvalue weighted by Gasteiger charge is 2.45. The molecule has 0 amide bonds. The molecule has 2 unspecified atom stereocenters. The van der Waals surface area contributed by atoms with Gasteiger partial charge in [0.25, 0.3) is 0 Å². The van der Waals surface area contributed by atoms with Crippen LogP contribution in [0.2, 0.25) is 0 Å². The molecule has 0 aromatic heterocycles. The number of thioether (sulfide) groups is 1. The summed E-state index contributed by atoms with van der Waals surface area (Å²) in [5.74, 6) is 5.63. The largest absolute Gasteiger partial charge is 0.492 e. The third kappa shape index (κ3) is 6.13. The van der Waals surface area contributed by atoms with Gasteiger partial charge in [-0.3, -0.25) is 9.63 Å². The molecule has 0 spiro atoms. The molecule has 14 heteroatoms. The molecule has 1 aromatic carbocycles. The Morgan fingerprint density at radius 1 is 1.03 bits per heavy atom. The average molecular weight is 659 g/mol. The number of aliphatic hydroxyl groups excluding tert-OH is 3. The molecular formula is C23H34INO11S. The van der Waals surface area contributed by atoms with Crippen LogP contribution in [0.5, 0.6) is 17.2 Å². The van der Waals surface area contributed by atoms with Gasteiger partial charge in [0.15, 0.2) is 17.8 Å². The topological polar surface area (TPSA) is 168 Å². The van der Waals surface area contributed by atoms with Crippen molar-refractivity contribution in [1.82, 2.24) is 0 Å². The molecule has 0 aliphatic carbocycles. The zero-order chi connectivity index (χ0) is 27.6. The number of hydrogen-bond donors (Lipinski definition) is 4. The lowest BCUT2D eigenvalue weighted by Gasteiger charge is -2.40. The molecule has 5 N–H and O–H groups in total. The predicted octanol–water partition coefficient (Wildman–Crippen LogP) is 1.11. The van der Waals surface area contributed by atoms with E-state index in [-0.39, 0.29) is 34.3 Å². The molecule has 2 fully saturated rings. The zero-order valence-electron chi connectivity index (χ0n) is 21.4. The van der Waals surface area contributed by atoms with Gasteiger partial charge in [-0.2, -0.15) is 0 Å². The van der Waals surface area contributed by atoms with Crippen LogP contribution in [0, 0.1) is 10.5 Å². The first-order valence-corrected chi connectivity index (χ1v) is 13.5. The summed E-state index contributed by atoms with van der Waals surface area (Å²) >= 11 is 2.94. The highest BCUT2D eigenvalue weighted by molar-refractivity contribution is 14.1. The van der Waals surface area contributed by atoms with Crippen LogP contribution in [0.3, 0.4) is 0 Å². The van der Waals surface area contributed by atoms with Crippen molar-refractivity contribution in [3.8, 4) is 17.2 Å². The fraction of sp³-hybridized carbons (Fsp3) is 0.696. The molecule has 0 radical (unpaired) electrons. The predicted molar refractivity (Wildman–Crippen MR) is 141 cm³/mol. The Morgan fingerprint density at radius 2 is 1.68 bits per heavy atom. The van der Waals surface area contributed by atoms with Crippen LogP contribution in [-0.2, 0) is 19.0 Å². The van der Waals surface area contributed by atoms with E-state index in [1.54, 1.807) is 20.8 Å². The van der Waals surface area contributed by atoms with Crippen LogP contribution < -0.4 is 20.1 Å². The average Bonchev–Trinajstić information content (AvgIpc) is 2.87. The number of methoxy groups -OCH3 is 3. The van der Waals surface area contributed by atoms with Crippen molar-refractivity contribution in [2.45, 2.75) is 81.6 Å². The SMILES string of the molecule is COc1c(OC2O[C@@H](C)C(O)[C@@H](OC)[C@H]2O)c(I)c(C)c(C(=O)S[C@H]2[C@@H](O)C[C@H](ON)O[C@@H]2C)c1OC. The molecular weight excluding hydrogens is 625 g/mol. The van der Waals surface area contributed by atoms with Gasteiger partial charge in [0, 0.05) is 13.5 Å². The Hall–Kier alpha value is -0.950.